The van der Waals surface area contributed by atoms with E-state index in [1.807, 2.05) is 12.1 Å². The maximum Gasteiger partial charge on any atom is 0.303 e. The first kappa shape index (κ1) is 15.6. The van der Waals surface area contributed by atoms with Gasteiger partial charge in [-0.25, -0.2) is 0 Å². The smallest absolute Gasteiger partial charge is 0.303 e. The Balaban J connectivity index is 2.01. The Bertz CT molecular complexity index is 404. The van der Waals surface area contributed by atoms with Crippen LogP contribution in [0.15, 0.2) is 34.5 Å². The third-order valence-corrected chi connectivity index (χ3v) is 2.91. The van der Waals surface area contributed by atoms with E-state index in [1.165, 1.54) is 0 Å². The summed E-state index contributed by atoms with van der Waals surface area (Å²) >= 11 is 5.77. The molecule has 1 aromatic carbocycles. The summed E-state index contributed by atoms with van der Waals surface area (Å²) in [6.07, 6.45) is 5.13. The van der Waals surface area contributed by atoms with Crippen molar-refractivity contribution in [1.82, 2.24) is 0 Å². The van der Waals surface area contributed by atoms with E-state index in [2.05, 4.69) is 10.2 Å². The molecule has 0 aliphatic rings. The molecule has 19 heavy (non-hydrogen) atoms. The monoisotopic (exact) mass is 282 g/mol. The van der Waals surface area contributed by atoms with Gasteiger partial charge in [-0.15, -0.1) is 0 Å². The fourth-order valence-corrected chi connectivity index (χ4v) is 1.75. The van der Waals surface area contributed by atoms with Gasteiger partial charge in [-0.05, 0) is 37.1 Å². The predicted octanol–water partition coefficient (Wildman–Crippen LogP) is 4.85. The van der Waals surface area contributed by atoms with Gasteiger partial charge < -0.3 is 5.11 Å². The van der Waals surface area contributed by atoms with Crippen molar-refractivity contribution in [1.29, 1.82) is 0 Å². The number of carboxylic acids is 1. The zero-order valence-electron chi connectivity index (χ0n) is 10.9. The van der Waals surface area contributed by atoms with Crippen LogP contribution in [0.3, 0.4) is 0 Å². The largest absolute Gasteiger partial charge is 0.481 e. The van der Waals surface area contributed by atoms with Crippen molar-refractivity contribution in [2.75, 3.05) is 6.54 Å². The minimum atomic E-state index is -0.711. The van der Waals surface area contributed by atoms with Crippen LogP contribution in [0.4, 0.5) is 5.69 Å². The number of halogens is 1. The predicted molar refractivity (Wildman–Crippen MR) is 76.2 cm³/mol. The van der Waals surface area contributed by atoms with Gasteiger partial charge in [0.2, 0.25) is 0 Å². The number of aliphatic carboxylic acids is 1. The van der Waals surface area contributed by atoms with Crippen molar-refractivity contribution >= 4 is 23.3 Å². The zero-order valence-corrected chi connectivity index (χ0v) is 11.6. The van der Waals surface area contributed by atoms with Crippen LogP contribution in [0, 0.1) is 0 Å². The van der Waals surface area contributed by atoms with Crippen molar-refractivity contribution < 1.29 is 9.90 Å². The maximum atomic E-state index is 10.3. The number of benzene rings is 1. The number of hydrogen-bond donors (Lipinski definition) is 1. The van der Waals surface area contributed by atoms with Crippen LogP contribution in [-0.4, -0.2) is 17.6 Å². The number of hydrogen-bond acceptors (Lipinski definition) is 3. The Hall–Kier alpha value is -1.42. The van der Waals surface area contributed by atoms with Gasteiger partial charge in [-0.1, -0.05) is 30.9 Å². The lowest BCUT2D eigenvalue weighted by molar-refractivity contribution is -0.137. The van der Waals surface area contributed by atoms with Crippen LogP contribution in [0.5, 0.6) is 0 Å². The minimum Gasteiger partial charge on any atom is -0.481 e. The molecule has 0 amide bonds. The zero-order chi connectivity index (χ0) is 13.9. The van der Waals surface area contributed by atoms with Crippen molar-refractivity contribution in [3.8, 4) is 0 Å². The van der Waals surface area contributed by atoms with Crippen LogP contribution in [0.2, 0.25) is 5.02 Å². The molecule has 0 aliphatic carbocycles. The fraction of sp³-hybridized carbons (Fsp3) is 0.500. The van der Waals surface area contributed by atoms with E-state index in [0.717, 1.165) is 37.8 Å². The molecule has 1 rings (SSSR count). The van der Waals surface area contributed by atoms with E-state index < -0.39 is 5.97 Å². The molecule has 0 aromatic heterocycles. The van der Waals surface area contributed by atoms with Crippen molar-refractivity contribution in [3.63, 3.8) is 0 Å². The van der Waals surface area contributed by atoms with Gasteiger partial charge in [-0.3, -0.25) is 4.79 Å². The van der Waals surface area contributed by atoms with Gasteiger partial charge in [0.05, 0.1) is 12.2 Å². The summed E-state index contributed by atoms with van der Waals surface area (Å²) < 4.78 is 0. The van der Waals surface area contributed by atoms with Gasteiger partial charge in [0, 0.05) is 11.4 Å². The van der Waals surface area contributed by atoms with Gasteiger partial charge in [-0.2, -0.15) is 10.2 Å². The van der Waals surface area contributed by atoms with Crippen molar-refractivity contribution in [2.24, 2.45) is 10.2 Å². The first-order chi connectivity index (χ1) is 9.18. The van der Waals surface area contributed by atoms with E-state index >= 15 is 0 Å². The quantitative estimate of drug-likeness (QED) is 0.520. The SMILES string of the molecule is O=C(O)CCCCCCCN=Nc1ccc(Cl)cc1. The minimum absolute atomic E-state index is 0.274. The molecule has 0 unspecified atom stereocenters. The fourth-order valence-electron chi connectivity index (χ4n) is 1.63. The lowest BCUT2D eigenvalue weighted by Gasteiger charge is -1.98. The van der Waals surface area contributed by atoms with E-state index in [4.69, 9.17) is 16.7 Å². The van der Waals surface area contributed by atoms with Crippen molar-refractivity contribution in [3.05, 3.63) is 29.3 Å². The second-order valence-corrected chi connectivity index (χ2v) is 4.79. The Morgan fingerprint density at radius 3 is 2.37 bits per heavy atom. The van der Waals surface area contributed by atoms with E-state index in [0.29, 0.717) is 11.6 Å². The molecule has 0 saturated carbocycles. The summed E-state index contributed by atoms with van der Waals surface area (Å²) in [5.74, 6) is -0.711. The second-order valence-electron chi connectivity index (χ2n) is 4.35. The van der Waals surface area contributed by atoms with Crippen LogP contribution < -0.4 is 0 Å². The highest BCUT2D eigenvalue weighted by Crippen LogP contribution is 2.16. The average molecular weight is 283 g/mol. The van der Waals surface area contributed by atoms with Crippen LogP contribution in [-0.2, 0) is 4.79 Å². The molecule has 4 nitrogen and oxygen atoms in total. The molecule has 5 heteroatoms. The molecule has 0 fully saturated rings. The Labute approximate surface area is 118 Å². The number of unbranched alkanes of at least 4 members (excludes halogenated alkanes) is 4. The first-order valence-electron chi connectivity index (χ1n) is 6.53. The molecular formula is C14H19ClN2O2. The summed E-state index contributed by atoms with van der Waals surface area (Å²) in [7, 11) is 0. The lowest BCUT2D eigenvalue weighted by atomic mass is 10.1. The lowest BCUT2D eigenvalue weighted by Crippen LogP contribution is -1.93. The molecule has 1 N–H and O–H groups in total. The molecule has 0 radical (unpaired) electrons. The van der Waals surface area contributed by atoms with E-state index in [-0.39, 0.29) is 6.42 Å². The third kappa shape index (κ3) is 8.32. The maximum absolute atomic E-state index is 10.3. The standard InChI is InChI=1S/C14H19ClN2O2/c15-12-7-9-13(10-8-12)17-16-11-5-3-1-2-4-6-14(18)19/h7-10H,1-6,11H2,(H,18,19). The highest BCUT2D eigenvalue weighted by molar-refractivity contribution is 6.30. The number of nitrogens with zero attached hydrogens (tertiary/aromatic N) is 2. The van der Waals surface area contributed by atoms with Crippen LogP contribution >= 0.6 is 11.6 Å². The summed E-state index contributed by atoms with van der Waals surface area (Å²) in [5.41, 5.74) is 0.811. The number of rotatable bonds is 9. The van der Waals surface area contributed by atoms with Crippen LogP contribution in [0.1, 0.15) is 38.5 Å². The molecule has 0 atom stereocenters. The molecule has 104 valence electrons. The summed E-state index contributed by atoms with van der Waals surface area (Å²) in [6, 6.07) is 7.24. The van der Waals surface area contributed by atoms with Crippen molar-refractivity contribution in [2.45, 2.75) is 38.5 Å². The molecule has 0 saturated heterocycles. The van der Waals surface area contributed by atoms with E-state index in [9.17, 15) is 4.79 Å². The summed E-state index contributed by atoms with van der Waals surface area (Å²) in [5, 5.41) is 17.4. The molecule has 1 aromatic rings. The molecule has 0 heterocycles. The Morgan fingerprint density at radius 2 is 1.68 bits per heavy atom. The van der Waals surface area contributed by atoms with Crippen LogP contribution in [0.25, 0.3) is 0 Å². The molecule has 0 bridgehead atoms. The second kappa shape index (κ2) is 9.50. The van der Waals surface area contributed by atoms with Gasteiger partial charge in [0.25, 0.3) is 0 Å². The topological polar surface area (TPSA) is 62.0 Å². The molecular weight excluding hydrogens is 264 g/mol. The van der Waals surface area contributed by atoms with E-state index in [1.54, 1.807) is 12.1 Å². The highest BCUT2D eigenvalue weighted by atomic mass is 35.5. The number of azo groups is 1. The Kier molecular flexibility index (Phi) is 7.82. The normalized spacial score (nSPS) is 11.0. The molecule has 0 spiro atoms. The third-order valence-electron chi connectivity index (χ3n) is 2.66. The van der Waals surface area contributed by atoms with Gasteiger partial charge in [0.15, 0.2) is 0 Å². The Morgan fingerprint density at radius 1 is 1.05 bits per heavy atom. The highest BCUT2D eigenvalue weighted by Gasteiger charge is 1.96. The molecule has 0 aliphatic heterocycles. The van der Waals surface area contributed by atoms with Gasteiger partial charge in [0.1, 0.15) is 0 Å². The summed E-state index contributed by atoms with van der Waals surface area (Å²) in [4.78, 5) is 10.3. The number of carboxylic acid groups (broad SMARTS) is 1. The first-order valence-corrected chi connectivity index (χ1v) is 6.91. The number of carbonyl (C=O) groups is 1. The average Bonchev–Trinajstić information content (AvgIpc) is 2.38. The summed E-state index contributed by atoms with van der Waals surface area (Å²) in [6.45, 7) is 0.710. The van der Waals surface area contributed by atoms with Gasteiger partial charge >= 0.3 is 5.97 Å².